The Balaban J connectivity index is 1.90. The third-order valence-corrected chi connectivity index (χ3v) is 5.93. The fraction of sp³-hybridized carbons (Fsp3) is 0.208. The molecule has 0 spiro atoms. The summed E-state index contributed by atoms with van der Waals surface area (Å²) < 4.78 is 43.8. The fourth-order valence-electron chi connectivity index (χ4n) is 3.78. The molecule has 0 saturated carbocycles. The predicted molar refractivity (Wildman–Crippen MR) is 125 cm³/mol. The highest BCUT2D eigenvalue weighted by Crippen LogP contribution is 2.36. The number of anilines is 1. The lowest BCUT2D eigenvalue weighted by atomic mass is 10.1. The molecular formula is C24H20ClF3N4O2. The maximum atomic E-state index is 13.8. The van der Waals surface area contributed by atoms with Gasteiger partial charge in [0.15, 0.2) is 0 Å². The summed E-state index contributed by atoms with van der Waals surface area (Å²) in [6.45, 7) is 4.51. The lowest BCUT2D eigenvalue weighted by molar-refractivity contribution is -0.136. The zero-order valence-electron chi connectivity index (χ0n) is 18.5. The summed E-state index contributed by atoms with van der Waals surface area (Å²) in [6.07, 6.45) is -4.78. The Morgan fingerprint density at radius 3 is 2.41 bits per heavy atom. The van der Waals surface area contributed by atoms with Gasteiger partial charge in [0, 0.05) is 16.8 Å². The molecule has 0 radical (unpaired) electrons. The first kappa shape index (κ1) is 23.6. The van der Waals surface area contributed by atoms with Crippen molar-refractivity contribution in [2.45, 2.75) is 33.5 Å². The Kier molecular flexibility index (Phi) is 5.99. The molecule has 176 valence electrons. The van der Waals surface area contributed by atoms with Crippen LogP contribution in [0.25, 0.3) is 16.7 Å². The van der Waals surface area contributed by atoms with Crippen molar-refractivity contribution >= 4 is 34.2 Å². The van der Waals surface area contributed by atoms with Gasteiger partial charge >= 0.3 is 6.18 Å². The molecule has 0 aliphatic rings. The van der Waals surface area contributed by atoms with Gasteiger partial charge in [-0.25, -0.2) is 4.68 Å². The van der Waals surface area contributed by atoms with Gasteiger partial charge in [0.25, 0.3) is 5.56 Å². The first-order valence-corrected chi connectivity index (χ1v) is 10.7. The molecule has 10 heteroatoms. The lowest BCUT2D eigenvalue weighted by Gasteiger charge is -2.15. The number of nitrogens with one attached hydrogen (secondary N) is 1. The van der Waals surface area contributed by atoms with Crippen molar-refractivity contribution in [3.63, 3.8) is 0 Å². The molecule has 4 rings (SSSR count). The second kappa shape index (κ2) is 8.64. The van der Waals surface area contributed by atoms with Crippen LogP contribution in [0, 0.1) is 20.8 Å². The van der Waals surface area contributed by atoms with E-state index in [4.69, 9.17) is 11.6 Å². The number of aromatic nitrogens is 3. The monoisotopic (exact) mass is 488 g/mol. The van der Waals surface area contributed by atoms with Crippen LogP contribution in [0.15, 0.2) is 53.3 Å². The van der Waals surface area contributed by atoms with Crippen LogP contribution < -0.4 is 10.9 Å². The predicted octanol–water partition coefficient (Wildman–Crippen LogP) is 5.42. The summed E-state index contributed by atoms with van der Waals surface area (Å²) in [5, 5.41) is 7.17. The van der Waals surface area contributed by atoms with E-state index < -0.39 is 29.8 Å². The van der Waals surface area contributed by atoms with Crippen molar-refractivity contribution in [3.8, 4) is 5.69 Å². The number of benzene rings is 2. The normalized spacial score (nSPS) is 11.7. The van der Waals surface area contributed by atoms with E-state index in [1.165, 1.54) is 11.6 Å². The molecule has 0 unspecified atom stereocenters. The number of halogens is 4. The van der Waals surface area contributed by atoms with E-state index in [0.29, 0.717) is 28.0 Å². The van der Waals surface area contributed by atoms with Gasteiger partial charge in [-0.3, -0.25) is 14.2 Å². The zero-order valence-corrected chi connectivity index (χ0v) is 19.3. The molecule has 0 fully saturated rings. The van der Waals surface area contributed by atoms with E-state index in [0.717, 1.165) is 10.1 Å². The van der Waals surface area contributed by atoms with Gasteiger partial charge in [-0.05, 0) is 50.6 Å². The van der Waals surface area contributed by atoms with E-state index in [1.807, 2.05) is 6.92 Å². The molecule has 1 N–H and O–H groups in total. The highest BCUT2D eigenvalue weighted by atomic mass is 35.5. The molecule has 2 aromatic heterocycles. The van der Waals surface area contributed by atoms with Crippen LogP contribution in [0.1, 0.15) is 22.4 Å². The molecule has 2 aromatic carbocycles. The number of alkyl halides is 3. The second-order valence-electron chi connectivity index (χ2n) is 7.97. The number of carbonyl (C=O) groups excluding carboxylic acids is 1. The first-order chi connectivity index (χ1) is 16.0. The fourth-order valence-corrected chi connectivity index (χ4v) is 3.95. The minimum atomic E-state index is -4.78. The molecule has 0 atom stereocenters. The number of carbonyl (C=O) groups is 1. The van der Waals surface area contributed by atoms with E-state index >= 15 is 0 Å². The highest BCUT2D eigenvalue weighted by Gasteiger charge is 2.36. The van der Waals surface area contributed by atoms with Gasteiger partial charge in [0.2, 0.25) is 5.91 Å². The molecule has 6 nitrogen and oxygen atoms in total. The van der Waals surface area contributed by atoms with Crippen molar-refractivity contribution in [1.29, 1.82) is 0 Å². The number of rotatable bonds is 4. The van der Waals surface area contributed by atoms with E-state index in [1.54, 1.807) is 49.4 Å². The minimum Gasteiger partial charge on any atom is -0.324 e. The summed E-state index contributed by atoms with van der Waals surface area (Å²) >= 11 is 6.10. The molecule has 0 aliphatic carbocycles. The summed E-state index contributed by atoms with van der Waals surface area (Å²) in [5.41, 5.74) is 0.391. The van der Waals surface area contributed by atoms with Crippen molar-refractivity contribution in [3.05, 3.63) is 86.3 Å². The quantitative estimate of drug-likeness (QED) is 0.417. The molecule has 0 aliphatic heterocycles. The van der Waals surface area contributed by atoms with Crippen molar-refractivity contribution in [2.24, 2.45) is 0 Å². The van der Waals surface area contributed by atoms with Gasteiger partial charge in [0.05, 0.1) is 22.3 Å². The molecule has 2 heterocycles. The summed E-state index contributed by atoms with van der Waals surface area (Å²) in [7, 11) is 0. The number of fused-ring (bicyclic) bond motifs is 1. The Bertz CT molecular complexity index is 1470. The average Bonchev–Trinajstić information content (AvgIpc) is 3.10. The lowest BCUT2D eigenvalue weighted by Crippen LogP contribution is -2.30. The number of aryl methyl sites for hydroxylation is 2. The largest absolute Gasteiger partial charge is 0.417 e. The Labute approximate surface area is 197 Å². The second-order valence-corrected chi connectivity index (χ2v) is 8.38. The van der Waals surface area contributed by atoms with Gasteiger partial charge in [0.1, 0.15) is 12.2 Å². The van der Waals surface area contributed by atoms with Crippen LogP contribution in [0.4, 0.5) is 18.9 Å². The zero-order chi connectivity index (χ0) is 24.8. The summed E-state index contributed by atoms with van der Waals surface area (Å²) in [6, 6.07) is 12.4. The van der Waals surface area contributed by atoms with E-state index in [9.17, 15) is 22.8 Å². The smallest absolute Gasteiger partial charge is 0.324 e. The maximum Gasteiger partial charge on any atom is 0.417 e. The SMILES string of the molecule is Cc1ccc(-n2nc(C)c3c(C(F)(F)F)cc(=O)n(CC(=O)Nc4cccc(Cl)c4C)c32)cc1. The standard InChI is InChI=1S/C24H20ClF3N4O2/c1-13-7-9-16(10-8-13)32-23-22(15(3)30-32)17(24(26,27)28)11-21(34)31(23)12-20(33)29-19-6-4-5-18(25)14(19)2/h4-11H,12H2,1-3H3,(H,29,33). The molecule has 1 amide bonds. The van der Waals surface area contributed by atoms with Crippen molar-refractivity contribution in [1.82, 2.24) is 14.3 Å². The van der Waals surface area contributed by atoms with Crippen LogP contribution in [-0.4, -0.2) is 20.3 Å². The Hall–Kier alpha value is -3.59. The topological polar surface area (TPSA) is 68.9 Å². The minimum absolute atomic E-state index is 0.0859. The Morgan fingerprint density at radius 1 is 1.09 bits per heavy atom. The van der Waals surface area contributed by atoms with E-state index in [-0.39, 0.29) is 16.7 Å². The number of pyridine rings is 1. The van der Waals surface area contributed by atoms with Gasteiger partial charge < -0.3 is 5.32 Å². The van der Waals surface area contributed by atoms with Crippen LogP contribution in [-0.2, 0) is 17.5 Å². The average molecular weight is 489 g/mol. The highest BCUT2D eigenvalue weighted by molar-refractivity contribution is 6.31. The maximum absolute atomic E-state index is 13.8. The summed E-state index contributed by atoms with van der Waals surface area (Å²) in [5.74, 6) is -0.595. The van der Waals surface area contributed by atoms with Crippen LogP contribution in [0.5, 0.6) is 0 Å². The molecule has 34 heavy (non-hydrogen) atoms. The van der Waals surface area contributed by atoms with Gasteiger partial charge in [-0.15, -0.1) is 0 Å². The Morgan fingerprint density at radius 2 is 1.76 bits per heavy atom. The van der Waals surface area contributed by atoms with Gasteiger partial charge in [-0.2, -0.15) is 18.3 Å². The first-order valence-electron chi connectivity index (χ1n) is 10.3. The molecule has 4 aromatic rings. The van der Waals surface area contributed by atoms with E-state index in [2.05, 4.69) is 10.4 Å². The van der Waals surface area contributed by atoms with Crippen LogP contribution in [0.3, 0.4) is 0 Å². The third-order valence-electron chi connectivity index (χ3n) is 5.52. The number of amides is 1. The molecular weight excluding hydrogens is 469 g/mol. The summed E-state index contributed by atoms with van der Waals surface area (Å²) in [4.78, 5) is 25.7. The van der Waals surface area contributed by atoms with Crippen LogP contribution in [0.2, 0.25) is 5.02 Å². The third kappa shape index (κ3) is 4.31. The van der Waals surface area contributed by atoms with Gasteiger partial charge in [-0.1, -0.05) is 35.4 Å². The molecule has 0 saturated heterocycles. The van der Waals surface area contributed by atoms with Crippen LogP contribution >= 0.6 is 11.6 Å². The molecule has 0 bridgehead atoms. The number of nitrogens with zero attached hydrogens (tertiary/aromatic N) is 3. The number of hydrogen-bond donors (Lipinski definition) is 1. The number of hydrogen-bond acceptors (Lipinski definition) is 3. The van der Waals surface area contributed by atoms with Crippen molar-refractivity contribution < 1.29 is 18.0 Å². The van der Waals surface area contributed by atoms with Crippen molar-refractivity contribution in [2.75, 3.05) is 5.32 Å².